The Morgan fingerprint density at radius 3 is 2.42 bits per heavy atom. The number of alkyl halides is 4. The van der Waals surface area contributed by atoms with Gasteiger partial charge in [0.05, 0.1) is 30.9 Å². The maximum absolute atomic E-state index is 13.3. The summed E-state index contributed by atoms with van der Waals surface area (Å²) >= 11 is 0. The second kappa shape index (κ2) is 9.18. The van der Waals surface area contributed by atoms with E-state index in [1.165, 1.54) is 12.1 Å². The Labute approximate surface area is 187 Å². The molecule has 2 heterocycles. The molecule has 2 fully saturated rings. The van der Waals surface area contributed by atoms with Crippen LogP contribution >= 0.6 is 0 Å². The highest BCUT2D eigenvalue weighted by Crippen LogP contribution is 2.42. The zero-order valence-corrected chi connectivity index (χ0v) is 17.5. The van der Waals surface area contributed by atoms with E-state index < -0.39 is 42.1 Å². The maximum atomic E-state index is 13.3. The second-order valence-electron chi connectivity index (χ2n) is 8.22. The van der Waals surface area contributed by atoms with Gasteiger partial charge in [0.1, 0.15) is 12.4 Å². The molecule has 1 N–H and O–H groups in total. The number of nitrogens with zero attached hydrogens (tertiary/aromatic N) is 1. The van der Waals surface area contributed by atoms with E-state index in [0.717, 1.165) is 17.7 Å². The molecule has 4 rings (SSSR count). The monoisotopic (exact) mass is 469 g/mol. The topological polar surface area (TPSA) is 68.2 Å². The number of carbonyl (C=O) groups is 1. The molecule has 2 aliphatic heterocycles. The van der Waals surface area contributed by atoms with E-state index in [2.05, 4.69) is 4.74 Å². The lowest BCUT2D eigenvalue weighted by molar-refractivity contribution is -0.253. The molecule has 0 aromatic heterocycles. The van der Waals surface area contributed by atoms with Crippen LogP contribution in [0, 0.1) is 0 Å². The summed E-state index contributed by atoms with van der Waals surface area (Å²) < 4.78 is 66.8. The molecule has 2 atom stereocenters. The fraction of sp³-hybridized carbons (Fsp3) is 0.435. The molecular weight excluding hydrogens is 446 g/mol. The van der Waals surface area contributed by atoms with E-state index in [1.54, 1.807) is 4.90 Å². The summed E-state index contributed by atoms with van der Waals surface area (Å²) in [5.41, 5.74) is -0.424. The molecule has 33 heavy (non-hydrogen) atoms. The van der Waals surface area contributed by atoms with Crippen molar-refractivity contribution < 1.29 is 41.7 Å². The number of amides is 1. The summed E-state index contributed by atoms with van der Waals surface area (Å²) in [5.74, 6) is -0.489. The van der Waals surface area contributed by atoms with E-state index in [4.69, 9.17) is 9.47 Å². The van der Waals surface area contributed by atoms with Crippen molar-refractivity contribution in [3.63, 3.8) is 0 Å². The number of carbonyl (C=O) groups excluding carboxylic acids is 1. The first-order valence-electron chi connectivity index (χ1n) is 10.4. The predicted octanol–water partition coefficient (Wildman–Crippen LogP) is 4.31. The standard InChI is InChI=1S/C23H23F4NO5/c24-20(25)23(26,27)33-19-8-4-7-16(9-19)22(30)10-17-13-31-14-18(11-22)28(17)21(29)32-12-15-5-2-1-3-6-15/h1-9,17-18,20,30H,10-14H2. The Bertz CT molecular complexity index is 960. The molecule has 2 bridgehead atoms. The summed E-state index contributed by atoms with van der Waals surface area (Å²) in [6.45, 7) is 0.427. The van der Waals surface area contributed by atoms with Gasteiger partial charge in [-0.2, -0.15) is 17.6 Å². The zero-order valence-electron chi connectivity index (χ0n) is 17.5. The molecule has 0 aliphatic carbocycles. The van der Waals surface area contributed by atoms with Crippen LogP contribution in [-0.4, -0.2) is 53.9 Å². The van der Waals surface area contributed by atoms with E-state index in [-0.39, 0.29) is 38.2 Å². The fourth-order valence-corrected chi connectivity index (χ4v) is 4.35. The van der Waals surface area contributed by atoms with Crippen molar-refractivity contribution in [3.05, 3.63) is 65.7 Å². The third kappa shape index (κ3) is 5.06. The third-order valence-corrected chi connectivity index (χ3v) is 5.85. The van der Waals surface area contributed by atoms with Crippen LogP contribution in [0.3, 0.4) is 0 Å². The normalized spacial score (nSPS) is 25.1. The van der Waals surface area contributed by atoms with Gasteiger partial charge in [-0.05, 0) is 23.3 Å². The number of ether oxygens (including phenoxy) is 3. The van der Waals surface area contributed by atoms with Crippen LogP contribution in [0.2, 0.25) is 0 Å². The van der Waals surface area contributed by atoms with Gasteiger partial charge in [-0.3, -0.25) is 4.90 Å². The lowest BCUT2D eigenvalue weighted by Crippen LogP contribution is -2.62. The van der Waals surface area contributed by atoms with Gasteiger partial charge in [-0.15, -0.1) is 0 Å². The second-order valence-corrected chi connectivity index (χ2v) is 8.22. The van der Waals surface area contributed by atoms with Gasteiger partial charge in [0, 0.05) is 12.8 Å². The Balaban J connectivity index is 1.48. The first kappa shape index (κ1) is 23.3. The highest BCUT2D eigenvalue weighted by molar-refractivity contribution is 5.69. The van der Waals surface area contributed by atoms with Crippen LogP contribution in [0.1, 0.15) is 24.0 Å². The predicted molar refractivity (Wildman–Crippen MR) is 108 cm³/mol. The van der Waals surface area contributed by atoms with Crippen molar-refractivity contribution in [3.8, 4) is 5.75 Å². The summed E-state index contributed by atoms with van der Waals surface area (Å²) in [4.78, 5) is 14.3. The Hall–Kier alpha value is -2.85. The number of aliphatic hydroxyl groups is 1. The van der Waals surface area contributed by atoms with Gasteiger partial charge in [-0.1, -0.05) is 42.5 Å². The molecular formula is C23H23F4NO5. The largest absolute Gasteiger partial charge is 0.461 e. The molecule has 0 radical (unpaired) electrons. The van der Waals surface area contributed by atoms with E-state index in [9.17, 15) is 27.5 Å². The molecule has 2 saturated heterocycles. The molecule has 178 valence electrons. The van der Waals surface area contributed by atoms with Crippen LogP contribution in [0.5, 0.6) is 5.75 Å². The van der Waals surface area contributed by atoms with Gasteiger partial charge in [-0.25, -0.2) is 4.79 Å². The molecule has 0 saturated carbocycles. The molecule has 2 aromatic carbocycles. The average molecular weight is 469 g/mol. The first-order valence-corrected chi connectivity index (χ1v) is 10.4. The summed E-state index contributed by atoms with van der Waals surface area (Å²) in [6, 6.07) is 13.2. The van der Waals surface area contributed by atoms with Crippen LogP contribution in [-0.2, 0) is 21.7 Å². The first-order chi connectivity index (χ1) is 15.7. The maximum Gasteiger partial charge on any atom is 0.461 e. The summed E-state index contributed by atoms with van der Waals surface area (Å²) in [7, 11) is 0. The number of hydrogen-bond donors (Lipinski definition) is 1. The number of hydrogen-bond acceptors (Lipinski definition) is 5. The van der Waals surface area contributed by atoms with Gasteiger partial charge in [0.2, 0.25) is 0 Å². The van der Waals surface area contributed by atoms with Crippen LogP contribution in [0.15, 0.2) is 54.6 Å². The molecule has 2 aromatic rings. The van der Waals surface area contributed by atoms with Crippen molar-refractivity contribution in [2.75, 3.05) is 13.2 Å². The Kier molecular flexibility index (Phi) is 6.49. The van der Waals surface area contributed by atoms with Gasteiger partial charge in [0.15, 0.2) is 0 Å². The molecule has 6 nitrogen and oxygen atoms in total. The minimum absolute atomic E-state index is 0.0542. The lowest BCUT2D eigenvalue weighted by Gasteiger charge is -2.51. The van der Waals surface area contributed by atoms with E-state index in [1.807, 2.05) is 30.3 Å². The minimum atomic E-state index is -4.66. The quantitative estimate of drug-likeness (QED) is 0.639. The zero-order chi connectivity index (χ0) is 23.6. The fourth-order valence-electron chi connectivity index (χ4n) is 4.35. The van der Waals surface area contributed by atoms with E-state index >= 15 is 0 Å². The van der Waals surface area contributed by atoms with Crippen molar-refractivity contribution >= 4 is 6.09 Å². The number of benzene rings is 2. The van der Waals surface area contributed by atoms with Crippen LogP contribution in [0.4, 0.5) is 22.4 Å². The molecule has 2 unspecified atom stereocenters. The number of rotatable bonds is 6. The highest BCUT2D eigenvalue weighted by Gasteiger charge is 2.50. The molecule has 1 amide bonds. The highest BCUT2D eigenvalue weighted by atomic mass is 19.3. The van der Waals surface area contributed by atoms with Crippen LogP contribution < -0.4 is 4.74 Å². The van der Waals surface area contributed by atoms with Crippen LogP contribution in [0.25, 0.3) is 0 Å². The molecule has 10 heteroatoms. The van der Waals surface area contributed by atoms with Gasteiger partial charge in [0.25, 0.3) is 0 Å². The summed E-state index contributed by atoms with van der Waals surface area (Å²) in [5, 5.41) is 11.4. The molecule has 2 aliphatic rings. The number of halogens is 4. The SMILES string of the molecule is O=C(OCc1ccccc1)N1C2COCC1CC(O)(c1cccc(OC(F)(F)C(F)F)c1)C2. The van der Waals surface area contributed by atoms with Crippen molar-refractivity contribution in [2.24, 2.45) is 0 Å². The molecule has 0 spiro atoms. The smallest absolute Gasteiger partial charge is 0.445 e. The van der Waals surface area contributed by atoms with Crippen molar-refractivity contribution in [1.82, 2.24) is 4.90 Å². The summed E-state index contributed by atoms with van der Waals surface area (Å²) in [6.07, 6.45) is -9.08. The number of morpholine rings is 1. The number of fused-ring (bicyclic) bond motifs is 2. The van der Waals surface area contributed by atoms with Crippen molar-refractivity contribution in [2.45, 2.75) is 49.7 Å². The minimum Gasteiger partial charge on any atom is -0.445 e. The number of piperidine rings is 1. The van der Waals surface area contributed by atoms with E-state index in [0.29, 0.717) is 0 Å². The Morgan fingerprint density at radius 2 is 1.79 bits per heavy atom. The Morgan fingerprint density at radius 1 is 1.12 bits per heavy atom. The third-order valence-electron chi connectivity index (χ3n) is 5.85. The lowest BCUT2D eigenvalue weighted by atomic mass is 9.77. The van der Waals surface area contributed by atoms with Gasteiger partial charge >= 0.3 is 18.6 Å². The van der Waals surface area contributed by atoms with Gasteiger partial charge < -0.3 is 19.3 Å². The average Bonchev–Trinajstić information content (AvgIpc) is 2.77. The van der Waals surface area contributed by atoms with Crippen molar-refractivity contribution in [1.29, 1.82) is 0 Å².